The van der Waals surface area contributed by atoms with Gasteiger partial charge in [0.15, 0.2) is 5.78 Å². The number of piperazine rings is 1. The zero-order valence-electron chi connectivity index (χ0n) is 15.3. The van der Waals surface area contributed by atoms with Crippen LogP contribution >= 0.6 is 15.9 Å². The van der Waals surface area contributed by atoms with Crippen molar-refractivity contribution in [2.45, 2.75) is 17.7 Å². The highest BCUT2D eigenvalue weighted by Gasteiger charge is 2.29. The molecule has 1 heterocycles. The minimum atomic E-state index is -3.54. The van der Waals surface area contributed by atoms with Gasteiger partial charge in [-0.2, -0.15) is 4.31 Å². The Morgan fingerprint density at radius 3 is 2.07 bits per heavy atom. The van der Waals surface area contributed by atoms with E-state index >= 15 is 0 Å². The summed E-state index contributed by atoms with van der Waals surface area (Å²) in [4.78, 5) is 26.5. The summed E-state index contributed by atoms with van der Waals surface area (Å²) in [6, 6.07) is 15.3. The maximum Gasteiger partial charge on any atom is 0.243 e. The minimum absolute atomic E-state index is 0.0776. The third-order valence-electron chi connectivity index (χ3n) is 4.70. The van der Waals surface area contributed by atoms with Crippen LogP contribution in [0.3, 0.4) is 0 Å². The summed E-state index contributed by atoms with van der Waals surface area (Å²) < 4.78 is 27.6. The van der Waals surface area contributed by atoms with Crippen LogP contribution in [0.15, 0.2) is 64.0 Å². The van der Waals surface area contributed by atoms with Crippen molar-refractivity contribution in [1.82, 2.24) is 9.21 Å². The Labute approximate surface area is 173 Å². The van der Waals surface area contributed by atoms with Crippen LogP contribution < -0.4 is 0 Å². The second kappa shape index (κ2) is 8.98. The van der Waals surface area contributed by atoms with E-state index < -0.39 is 10.0 Å². The van der Waals surface area contributed by atoms with Crippen LogP contribution in [0.4, 0.5) is 0 Å². The molecule has 148 valence electrons. The number of amides is 1. The van der Waals surface area contributed by atoms with Crippen LogP contribution in [0.25, 0.3) is 0 Å². The van der Waals surface area contributed by atoms with E-state index in [9.17, 15) is 18.0 Å². The highest BCUT2D eigenvalue weighted by Crippen LogP contribution is 2.18. The number of carbonyl (C=O) groups excluding carboxylic acids is 2. The lowest BCUT2D eigenvalue weighted by molar-refractivity contribution is -0.132. The zero-order valence-corrected chi connectivity index (χ0v) is 17.7. The molecule has 2 aromatic carbocycles. The Balaban J connectivity index is 1.51. The molecule has 28 heavy (non-hydrogen) atoms. The molecule has 0 unspecified atom stereocenters. The molecule has 0 atom stereocenters. The Morgan fingerprint density at radius 2 is 1.46 bits per heavy atom. The van der Waals surface area contributed by atoms with Gasteiger partial charge in [-0.15, -0.1) is 0 Å². The molecule has 0 bridgehead atoms. The zero-order chi connectivity index (χ0) is 20.1. The van der Waals surface area contributed by atoms with Gasteiger partial charge in [0.1, 0.15) is 0 Å². The Morgan fingerprint density at radius 1 is 0.857 bits per heavy atom. The van der Waals surface area contributed by atoms with Crippen molar-refractivity contribution in [2.75, 3.05) is 26.2 Å². The monoisotopic (exact) mass is 464 g/mol. The lowest BCUT2D eigenvalue weighted by Crippen LogP contribution is -2.50. The summed E-state index contributed by atoms with van der Waals surface area (Å²) in [5, 5.41) is 0. The largest absolute Gasteiger partial charge is 0.340 e. The second-order valence-corrected chi connectivity index (χ2v) is 9.38. The van der Waals surface area contributed by atoms with Gasteiger partial charge >= 0.3 is 0 Å². The smallest absolute Gasteiger partial charge is 0.243 e. The van der Waals surface area contributed by atoms with Gasteiger partial charge in [0.2, 0.25) is 15.9 Å². The van der Waals surface area contributed by atoms with Gasteiger partial charge in [0.25, 0.3) is 0 Å². The third-order valence-corrected chi connectivity index (χ3v) is 7.15. The quantitative estimate of drug-likeness (QED) is 0.615. The first-order valence-corrected chi connectivity index (χ1v) is 11.2. The van der Waals surface area contributed by atoms with E-state index in [1.54, 1.807) is 59.5 Å². The summed E-state index contributed by atoms with van der Waals surface area (Å²) in [6.45, 7) is 1.17. The highest BCUT2D eigenvalue weighted by atomic mass is 79.9. The number of ketones is 1. The van der Waals surface area contributed by atoms with Crippen LogP contribution in [0, 0.1) is 0 Å². The van der Waals surface area contributed by atoms with Gasteiger partial charge in [-0.25, -0.2) is 8.42 Å². The van der Waals surface area contributed by atoms with Gasteiger partial charge in [0, 0.05) is 49.1 Å². The molecule has 8 heteroatoms. The summed E-state index contributed by atoms with van der Waals surface area (Å²) in [6.07, 6.45) is 0.267. The Bertz CT molecular complexity index is 938. The molecule has 0 radical (unpaired) electrons. The van der Waals surface area contributed by atoms with Crippen molar-refractivity contribution in [2.24, 2.45) is 0 Å². The summed E-state index contributed by atoms with van der Waals surface area (Å²) >= 11 is 3.32. The standard InChI is InChI=1S/C20H21BrN2O4S/c21-17-8-6-16(7-9-17)19(24)10-11-20(25)22-12-14-23(15-13-22)28(26,27)18-4-2-1-3-5-18/h1-9H,10-15H2. The van der Waals surface area contributed by atoms with Crippen LogP contribution in [-0.2, 0) is 14.8 Å². The lowest BCUT2D eigenvalue weighted by Gasteiger charge is -2.34. The van der Waals surface area contributed by atoms with Gasteiger partial charge in [0.05, 0.1) is 4.90 Å². The average molecular weight is 465 g/mol. The SMILES string of the molecule is O=C(CCC(=O)N1CCN(S(=O)(=O)c2ccccc2)CC1)c1ccc(Br)cc1. The van der Waals surface area contributed by atoms with E-state index in [0.717, 1.165) is 4.47 Å². The first-order valence-electron chi connectivity index (χ1n) is 8.99. The second-order valence-electron chi connectivity index (χ2n) is 6.53. The van der Waals surface area contributed by atoms with E-state index in [2.05, 4.69) is 15.9 Å². The number of sulfonamides is 1. The molecule has 0 spiro atoms. The Hall–Kier alpha value is -2.03. The van der Waals surface area contributed by atoms with Gasteiger partial charge in [-0.05, 0) is 24.3 Å². The van der Waals surface area contributed by atoms with Crippen molar-refractivity contribution in [3.05, 3.63) is 64.6 Å². The number of hydrogen-bond acceptors (Lipinski definition) is 4. The predicted molar refractivity (Wildman–Crippen MR) is 109 cm³/mol. The average Bonchev–Trinajstić information content (AvgIpc) is 2.73. The topological polar surface area (TPSA) is 74.8 Å². The number of benzene rings is 2. The van der Waals surface area contributed by atoms with Crippen LogP contribution in [0.1, 0.15) is 23.2 Å². The van der Waals surface area contributed by atoms with E-state index in [-0.39, 0.29) is 42.5 Å². The van der Waals surface area contributed by atoms with Gasteiger partial charge in [-0.3, -0.25) is 9.59 Å². The van der Waals surface area contributed by atoms with E-state index in [0.29, 0.717) is 18.7 Å². The molecule has 0 aliphatic carbocycles. The van der Waals surface area contributed by atoms with Crippen LogP contribution in [0.2, 0.25) is 0 Å². The molecule has 1 saturated heterocycles. The summed E-state index contributed by atoms with van der Waals surface area (Å²) in [5.41, 5.74) is 0.578. The molecule has 6 nitrogen and oxygen atoms in total. The lowest BCUT2D eigenvalue weighted by atomic mass is 10.1. The third kappa shape index (κ3) is 4.87. The molecule has 1 fully saturated rings. The van der Waals surface area contributed by atoms with Crippen molar-refractivity contribution in [3.63, 3.8) is 0 Å². The van der Waals surface area contributed by atoms with Crippen molar-refractivity contribution in [1.29, 1.82) is 0 Å². The number of nitrogens with zero attached hydrogens (tertiary/aromatic N) is 2. The fraction of sp³-hybridized carbons (Fsp3) is 0.300. The molecule has 1 amide bonds. The molecule has 2 aromatic rings. The molecular formula is C20H21BrN2O4S. The summed E-state index contributed by atoms with van der Waals surface area (Å²) in [5.74, 6) is -0.201. The number of rotatable bonds is 6. The number of carbonyl (C=O) groups is 2. The van der Waals surface area contributed by atoms with Gasteiger partial charge < -0.3 is 4.90 Å². The maximum atomic E-state index is 12.6. The fourth-order valence-electron chi connectivity index (χ4n) is 3.08. The number of hydrogen-bond donors (Lipinski definition) is 0. The number of halogens is 1. The van der Waals surface area contributed by atoms with Crippen molar-refractivity contribution in [3.8, 4) is 0 Å². The van der Waals surface area contributed by atoms with Crippen molar-refractivity contribution >= 4 is 37.6 Å². The van der Waals surface area contributed by atoms with Crippen LogP contribution in [-0.4, -0.2) is 55.5 Å². The van der Waals surface area contributed by atoms with Crippen molar-refractivity contribution < 1.29 is 18.0 Å². The molecular weight excluding hydrogens is 444 g/mol. The molecule has 1 aliphatic rings. The first kappa shape index (κ1) is 20.7. The fourth-order valence-corrected chi connectivity index (χ4v) is 4.79. The van der Waals surface area contributed by atoms with Gasteiger partial charge in [-0.1, -0.05) is 46.3 Å². The Kier molecular flexibility index (Phi) is 6.64. The molecule has 0 N–H and O–H groups in total. The summed E-state index contributed by atoms with van der Waals surface area (Å²) in [7, 11) is -3.54. The minimum Gasteiger partial charge on any atom is -0.340 e. The number of Topliss-reactive ketones (excluding diaryl/α,β-unsaturated/α-hetero) is 1. The highest BCUT2D eigenvalue weighted by molar-refractivity contribution is 9.10. The predicted octanol–water partition coefficient (Wildman–Crippen LogP) is 2.95. The normalized spacial score (nSPS) is 15.4. The molecule has 1 aliphatic heterocycles. The van der Waals surface area contributed by atoms with E-state index in [1.807, 2.05) is 0 Å². The van der Waals surface area contributed by atoms with Crippen LogP contribution in [0.5, 0.6) is 0 Å². The molecule has 0 saturated carbocycles. The first-order chi connectivity index (χ1) is 13.4. The van der Waals surface area contributed by atoms with E-state index in [1.165, 1.54) is 4.31 Å². The van der Waals surface area contributed by atoms with E-state index in [4.69, 9.17) is 0 Å². The maximum absolute atomic E-state index is 12.6. The molecule has 3 rings (SSSR count). The molecule has 0 aromatic heterocycles.